The van der Waals surface area contributed by atoms with Gasteiger partial charge in [-0.3, -0.25) is 4.79 Å². The van der Waals surface area contributed by atoms with Gasteiger partial charge in [-0.05, 0) is 42.8 Å². The Bertz CT molecular complexity index is 691. The molecule has 0 radical (unpaired) electrons. The Kier molecular flexibility index (Phi) is 2.11. The average Bonchev–Trinajstić information content (AvgIpc) is 2.97. The zero-order chi connectivity index (χ0) is 11.8. The number of hydrogen-bond donors (Lipinski definition) is 1. The van der Waals surface area contributed by atoms with Crippen LogP contribution in [0.15, 0.2) is 40.9 Å². The third-order valence-corrected chi connectivity index (χ3v) is 3.01. The van der Waals surface area contributed by atoms with Crippen molar-refractivity contribution in [2.75, 3.05) is 0 Å². The van der Waals surface area contributed by atoms with Crippen LogP contribution in [0, 0.1) is 6.92 Å². The van der Waals surface area contributed by atoms with Gasteiger partial charge in [0.1, 0.15) is 5.76 Å². The summed E-state index contributed by atoms with van der Waals surface area (Å²) >= 11 is 0. The molecule has 1 aromatic carbocycles. The molecule has 0 saturated carbocycles. The molecule has 0 spiro atoms. The Morgan fingerprint density at radius 2 is 2.06 bits per heavy atom. The zero-order valence-electron chi connectivity index (χ0n) is 9.36. The lowest BCUT2D eigenvalue weighted by Gasteiger charge is -2.03. The molecule has 17 heavy (non-hydrogen) atoms. The van der Waals surface area contributed by atoms with E-state index in [1.165, 1.54) is 5.39 Å². The predicted octanol–water partition coefficient (Wildman–Crippen LogP) is 3.55. The Hall–Kier alpha value is -2.29. The van der Waals surface area contributed by atoms with Gasteiger partial charge in [-0.2, -0.15) is 0 Å². The number of aromatic nitrogens is 1. The number of furan rings is 1. The van der Waals surface area contributed by atoms with Crippen LogP contribution in [0.1, 0.15) is 16.1 Å². The summed E-state index contributed by atoms with van der Waals surface area (Å²) in [6.45, 7) is 2.05. The molecule has 0 aliphatic carbocycles. The summed E-state index contributed by atoms with van der Waals surface area (Å²) in [6, 6.07) is 9.56. The topological polar surface area (TPSA) is 46.0 Å². The van der Waals surface area contributed by atoms with E-state index in [0.717, 1.165) is 22.4 Å². The number of fused-ring (bicyclic) bond motifs is 1. The van der Waals surface area contributed by atoms with Gasteiger partial charge in [-0.15, -0.1) is 0 Å². The number of H-pyrrole nitrogens is 1. The average molecular weight is 225 g/mol. The first-order valence-corrected chi connectivity index (χ1v) is 5.41. The van der Waals surface area contributed by atoms with Crippen LogP contribution in [0.2, 0.25) is 0 Å². The van der Waals surface area contributed by atoms with Crippen LogP contribution in [0.3, 0.4) is 0 Å². The maximum atomic E-state index is 10.6. The van der Waals surface area contributed by atoms with Crippen molar-refractivity contribution in [2.45, 2.75) is 6.92 Å². The smallest absolute Gasteiger partial charge is 0.185 e. The maximum absolute atomic E-state index is 10.6. The van der Waals surface area contributed by atoms with E-state index in [1.807, 2.05) is 30.5 Å². The minimum atomic E-state index is 0.355. The largest absolute Gasteiger partial charge is 0.453 e. The first-order valence-electron chi connectivity index (χ1n) is 5.41. The molecule has 2 aromatic heterocycles. The van der Waals surface area contributed by atoms with E-state index in [4.69, 9.17) is 4.42 Å². The Morgan fingerprint density at radius 3 is 2.82 bits per heavy atom. The number of carbonyl (C=O) groups excluding carboxylic acids is 1. The molecule has 2 heterocycles. The molecule has 0 unspecified atom stereocenters. The Labute approximate surface area is 98.1 Å². The fourth-order valence-corrected chi connectivity index (χ4v) is 2.11. The molecule has 0 fully saturated rings. The summed E-state index contributed by atoms with van der Waals surface area (Å²) in [6.07, 6.45) is 2.63. The van der Waals surface area contributed by atoms with E-state index in [9.17, 15) is 4.79 Å². The highest BCUT2D eigenvalue weighted by Crippen LogP contribution is 2.30. The van der Waals surface area contributed by atoms with Crippen LogP contribution < -0.4 is 0 Å². The van der Waals surface area contributed by atoms with Gasteiger partial charge in [0, 0.05) is 22.7 Å². The highest BCUT2D eigenvalue weighted by molar-refractivity contribution is 5.89. The normalized spacial score (nSPS) is 10.9. The second-order valence-electron chi connectivity index (χ2n) is 4.00. The zero-order valence-corrected chi connectivity index (χ0v) is 9.36. The number of rotatable bonds is 2. The minimum Gasteiger partial charge on any atom is -0.453 e. The molecule has 3 rings (SSSR count). The van der Waals surface area contributed by atoms with Gasteiger partial charge in [0.05, 0.1) is 0 Å². The van der Waals surface area contributed by atoms with Crippen molar-refractivity contribution in [1.82, 2.24) is 4.98 Å². The summed E-state index contributed by atoms with van der Waals surface area (Å²) in [7, 11) is 0. The number of benzene rings is 1. The van der Waals surface area contributed by atoms with Crippen molar-refractivity contribution in [2.24, 2.45) is 0 Å². The van der Waals surface area contributed by atoms with Gasteiger partial charge < -0.3 is 9.40 Å². The highest BCUT2D eigenvalue weighted by Gasteiger charge is 2.09. The Balaban J connectivity index is 2.22. The molecule has 3 nitrogen and oxygen atoms in total. The van der Waals surface area contributed by atoms with Crippen LogP contribution in [0.5, 0.6) is 0 Å². The molecular formula is C14H11NO2. The van der Waals surface area contributed by atoms with Crippen LogP contribution in [-0.2, 0) is 0 Å². The molecule has 3 heteroatoms. The van der Waals surface area contributed by atoms with Gasteiger partial charge in [0.25, 0.3) is 0 Å². The fourth-order valence-electron chi connectivity index (χ4n) is 2.11. The lowest BCUT2D eigenvalue weighted by molar-refractivity contribution is 0.110. The van der Waals surface area contributed by atoms with Crippen LogP contribution in [0.4, 0.5) is 0 Å². The SMILES string of the molecule is Cc1c(-c2ccc(C=O)o2)ccc2[nH]ccc12. The van der Waals surface area contributed by atoms with Crippen molar-refractivity contribution >= 4 is 17.2 Å². The van der Waals surface area contributed by atoms with E-state index in [-0.39, 0.29) is 0 Å². The van der Waals surface area contributed by atoms with Gasteiger partial charge >= 0.3 is 0 Å². The van der Waals surface area contributed by atoms with Crippen molar-refractivity contribution in [3.63, 3.8) is 0 Å². The molecule has 0 saturated heterocycles. The molecule has 1 N–H and O–H groups in total. The van der Waals surface area contributed by atoms with E-state index in [2.05, 4.69) is 11.9 Å². The predicted molar refractivity (Wildman–Crippen MR) is 66.1 cm³/mol. The highest BCUT2D eigenvalue weighted by atomic mass is 16.3. The third kappa shape index (κ3) is 1.47. The molecule has 3 aromatic rings. The quantitative estimate of drug-likeness (QED) is 0.678. The summed E-state index contributed by atoms with van der Waals surface area (Å²) in [4.78, 5) is 13.8. The monoisotopic (exact) mass is 225 g/mol. The number of hydrogen-bond acceptors (Lipinski definition) is 2. The molecule has 0 amide bonds. The van der Waals surface area contributed by atoms with Crippen molar-refractivity contribution < 1.29 is 9.21 Å². The van der Waals surface area contributed by atoms with Crippen LogP contribution >= 0.6 is 0 Å². The molecule has 84 valence electrons. The summed E-state index contributed by atoms with van der Waals surface area (Å²) < 4.78 is 5.45. The number of carbonyl (C=O) groups is 1. The molecule has 0 atom stereocenters. The molecule has 0 bridgehead atoms. The number of aryl methyl sites for hydroxylation is 1. The third-order valence-electron chi connectivity index (χ3n) is 3.01. The number of aromatic amines is 1. The van der Waals surface area contributed by atoms with E-state index in [0.29, 0.717) is 12.0 Å². The van der Waals surface area contributed by atoms with Gasteiger partial charge in [0.2, 0.25) is 0 Å². The minimum absolute atomic E-state index is 0.355. The van der Waals surface area contributed by atoms with E-state index < -0.39 is 0 Å². The van der Waals surface area contributed by atoms with E-state index >= 15 is 0 Å². The summed E-state index contributed by atoms with van der Waals surface area (Å²) in [5.74, 6) is 1.08. The van der Waals surface area contributed by atoms with Crippen molar-refractivity contribution in [1.29, 1.82) is 0 Å². The van der Waals surface area contributed by atoms with Gasteiger partial charge in [-0.25, -0.2) is 0 Å². The fraction of sp³-hybridized carbons (Fsp3) is 0.0714. The maximum Gasteiger partial charge on any atom is 0.185 e. The number of nitrogens with one attached hydrogen (secondary N) is 1. The molecular weight excluding hydrogens is 214 g/mol. The van der Waals surface area contributed by atoms with Gasteiger partial charge in [-0.1, -0.05) is 0 Å². The lowest BCUT2D eigenvalue weighted by Crippen LogP contribution is -1.82. The first-order chi connectivity index (χ1) is 8.29. The number of aldehydes is 1. The Morgan fingerprint density at radius 1 is 1.18 bits per heavy atom. The van der Waals surface area contributed by atoms with Crippen molar-refractivity contribution in [3.8, 4) is 11.3 Å². The first kappa shape index (κ1) is 9.90. The second-order valence-corrected chi connectivity index (χ2v) is 4.00. The summed E-state index contributed by atoms with van der Waals surface area (Å²) in [5.41, 5.74) is 3.27. The van der Waals surface area contributed by atoms with Gasteiger partial charge in [0.15, 0.2) is 12.0 Å². The van der Waals surface area contributed by atoms with E-state index in [1.54, 1.807) is 6.07 Å². The molecule has 0 aliphatic rings. The van der Waals surface area contributed by atoms with Crippen molar-refractivity contribution in [3.05, 3.63) is 47.9 Å². The standard InChI is InChI=1S/C14H11NO2/c1-9-11-6-7-15-13(11)4-3-12(9)14-5-2-10(8-16)17-14/h2-8,15H,1H3. The van der Waals surface area contributed by atoms with Crippen LogP contribution in [0.25, 0.3) is 22.2 Å². The van der Waals surface area contributed by atoms with Crippen LogP contribution in [-0.4, -0.2) is 11.3 Å². The lowest BCUT2D eigenvalue weighted by atomic mass is 10.0. The molecule has 0 aliphatic heterocycles. The summed E-state index contributed by atoms with van der Waals surface area (Å²) in [5, 5.41) is 1.17. The second kappa shape index (κ2) is 3.63.